The van der Waals surface area contributed by atoms with Gasteiger partial charge in [0.2, 0.25) is 0 Å². The van der Waals surface area contributed by atoms with Crippen LogP contribution in [-0.2, 0) is 31.6 Å². The molecule has 0 radical (unpaired) electrons. The van der Waals surface area contributed by atoms with E-state index in [1.807, 2.05) is 0 Å². The average molecular weight is 501 g/mol. The lowest BCUT2D eigenvalue weighted by Gasteiger charge is -2.32. The number of nitrogens with two attached hydrogens (primary N) is 2. The lowest BCUT2D eigenvalue weighted by Crippen LogP contribution is -2.29. The molecule has 16 nitrogen and oxygen atoms in total. The molecule has 1 aromatic heterocycles. The first-order chi connectivity index (χ1) is 14.2. The van der Waals surface area contributed by atoms with E-state index in [4.69, 9.17) is 21.1 Å². The van der Waals surface area contributed by atoms with Gasteiger partial charge < -0.3 is 40.3 Å². The molecule has 2 heterocycles. The molecule has 0 saturated carbocycles. The molecule has 19 heteroatoms. The fraction of sp³-hybridized carbons (Fsp3) is 0.500. The Bertz CT molecular complexity index is 1070. The Morgan fingerprint density at radius 1 is 1.26 bits per heavy atom. The largest absolute Gasteiger partial charge is 0.756 e. The summed E-state index contributed by atoms with van der Waals surface area (Å²) in [6.45, 7) is -0.691. The third kappa shape index (κ3) is 8.21. The van der Waals surface area contributed by atoms with Gasteiger partial charge in [0.15, 0.2) is 0 Å². The van der Waals surface area contributed by atoms with E-state index >= 15 is 0 Å². The molecule has 1 aliphatic rings. The number of nitrogen functional groups attached to an aromatic ring is 1. The van der Waals surface area contributed by atoms with E-state index in [0.717, 1.165) is 4.57 Å². The summed E-state index contributed by atoms with van der Waals surface area (Å²) in [4.78, 5) is 57.1. The van der Waals surface area contributed by atoms with Gasteiger partial charge in [-0.1, -0.05) is 11.8 Å². The summed E-state index contributed by atoms with van der Waals surface area (Å²) >= 11 is 0. The Morgan fingerprint density at radius 3 is 2.55 bits per heavy atom. The van der Waals surface area contributed by atoms with E-state index < -0.39 is 48.1 Å². The molecule has 3 unspecified atom stereocenters. The van der Waals surface area contributed by atoms with Gasteiger partial charge in [-0.15, -0.1) is 0 Å². The standard InChI is InChI=1S/C12H19N4O12P3/c13-5-1-2-8-6-16(12(17)15-11(8)14)10-4-3-9(26-10)7-25-30(21,22)28-31(23,24)27-29(18,19)20/h6,9-10H,3-5,7,13H2,(H,21,22)(H,23,24)(H2,14,15,17)(H2,18,19,20)/p-3/t9-,10+/m0/s1. The highest BCUT2D eigenvalue weighted by molar-refractivity contribution is 7.65. The Kier molecular flexibility index (Phi) is 8.34. The molecule has 1 fully saturated rings. The maximum atomic E-state index is 12.1. The van der Waals surface area contributed by atoms with Crippen molar-refractivity contribution in [1.82, 2.24) is 9.55 Å². The SMILES string of the molecule is NCC#Cc1cn([C@H]2CC[C@@H](COP(=O)([O-])OP(=O)([O-])OP(=O)([O-])O)O2)c(=O)nc1N. The zero-order valence-corrected chi connectivity index (χ0v) is 18.1. The van der Waals surface area contributed by atoms with E-state index in [9.17, 15) is 33.2 Å². The Balaban J connectivity index is 2.01. The second-order valence-corrected chi connectivity index (χ2v) is 10.1. The van der Waals surface area contributed by atoms with E-state index in [1.165, 1.54) is 6.20 Å². The summed E-state index contributed by atoms with van der Waals surface area (Å²) < 4.78 is 50.7. The number of rotatable bonds is 8. The predicted octanol–water partition coefficient (Wildman–Crippen LogP) is -2.74. The van der Waals surface area contributed by atoms with E-state index in [-0.39, 0.29) is 30.8 Å². The number of phosphoric acid groups is 3. The van der Waals surface area contributed by atoms with Crippen molar-refractivity contribution in [2.24, 2.45) is 5.73 Å². The van der Waals surface area contributed by atoms with Crippen LogP contribution >= 0.6 is 23.5 Å². The van der Waals surface area contributed by atoms with Crippen LogP contribution in [0.3, 0.4) is 0 Å². The van der Waals surface area contributed by atoms with Crippen LogP contribution in [0.15, 0.2) is 11.0 Å². The number of phosphoric ester groups is 1. The highest BCUT2D eigenvalue weighted by Gasteiger charge is 2.30. The number of nitrogens with zero attached hydrogens (tertiary/aromatic N) is 2. The number of anilines is 1. The van der Waals surface area contributed by atoms with Gasteiger partial charge in [0.25, 0.3) is 23.5 Å². The third-order valence-electron chi connectivity index (χ3n) is 3.52. The summed E-state index contributed by atoms with van der Waals surface area (Å²) in [5.41, 5.74) is 10.4. The van der Waals surface area contributed by atoms with Crippen molar-refractivity contribution in [1.29, 1.82) is 0 Å². The van der Waals surface area contributed by atoms with Crippen molar-refractivity contribution in [3.63, 3.8) is 0 Å². The minimum absolute atomic E-state index is 0.0429. The monoisotopic (exact) mass is 501 g/mol. The van der Waals surface area contributed by atoms with Crippen molar-refractivity contribution >= 4 is 29.3 Å². The van der Waals surface area contributed by atoms with E-state index in [2.05, 4.69) is 30.0 Å². The summed E-state index contributed by atoms with van der Waals surface area (Å²) in [5.74, 6) is 5.07. The number of hydrogen-bond donors (Lipinski definition) is 3. The molecule has 0 aliphatic carbocycles. The van der Waals surface area contributed by atoms with Crippen LogP contribution in [0.2, 0.25) is 0 Å². The summed E-state index contributed by atoms with van der Waals surface area (Å²) in [6.07, 6.45) is -0.100. The molecule has 1 aliphatic heterocycles. The van der Waals surface area contributed by atoms with Gasteiger partial charge in [-0.05, 0) is 12.8 Å². The molecule has 0 aromatic carbocycles. The zero-order valence-electron chi connectivity index (χ0n) is 15.4. The minimum atomic E-state index is -5.99. The number of hydrogen-bond acceptors (Lipinski definition) is 14. The van der Waals surface area contributed by atoms with Crippen LogP contribution in [0, 0.1) is 11.8 Å². The van der Waals surface area contributed by atoms with Crippen molar-refractivity contribution in [2.45, 2.75) is 25.2 Å². The predicted molar refractivity (Wildman–Crippen MR) is 95.1 cm³/mol. The lowest BCUT2D eigenvalue weighted by molar-refractivity contribution is -0.250. The van der Waals surface area contributed by atoms with Crippen LogP contribution in [0.5, 0.6) is 0 Å². The molecule has 174 valence electrons. The summed E-state index contributed by atoms with van der Waals surface area (Å²) in [5, 5.41) is 0. The van der Waals surface area contributed by atoms with Crippen LogP contribution < -0.4 is 31.8 Å². The maximum Gasteiger partial charge on any atom is 0.351 e. The Labute approximate surface area is 174 Å². The first-order valence-electron chi connectivity index (χ1n) is 8.17. The summed E-state index contributed by atoms with van der Waals surface area (Å²) in [6, 6.07) is 0. The minimum Gasteiger partial charge on any atom is -0.756 e. The highest BCUT2D eigenvalue weighted by Crippen LogP contribution is 2.61. The van der Waals surface area contributed by atoms with Gasteiger partial charge in [0.05, 0.1) is 24.8 Å². The topological polar surface area (TPSA) is 264 Å². The van der Waals surface area contributed by atoms with Crippen molar-refractivity contribution in [2.75, 3.05) is 18.9 Å². The van der Waals surface area contributed by atoms with Crippen molar-refractivity contribution in [3.8, 4) is 11.8 Å². The molecular formula is C12H16N4O12P3-3. The molecule has 5 N–H and O–H groups in total. The number of aromatic nitrogens is 2. The molecule has 31 heavy (non-hydrogen) atoms. The molecule has 0 bridgehead atoms. The highest BCUT2D eigenvalue weighted by atomic mass is 31.3. The van der Waals surface area contributed by atoms with Gasteiger partial charge in [0, 0.05) is 6.20 Å². The number of ether oxygens (including phenoxy) is 1. The lowest BCUT2D eigenvalue weighted by atomic mass is 10.2. The average Bonchev–Trinajstić information content (AvgIpc) is 3.05. The zero-order chi connectivity index (χ0) is 23.4. The Morgan fingerprint density at radius 2 is 1.94 bits per heavy atom. The second-order valence-electron chi connectivity index (χ2n) is 5.85. The van der Waals surface area contributed by atoms with E-state index in [1.54, 1.807) is 0 Å². The van der Waals surface area contributed by atoms with Crippen molar-refractivity contribution < 1.29 is 51.2 Å². The molecule has 1 saturated heterocycles. The van der Waals surface area contributed by atoms with Gasteiger partial charge in [-0.3, -0.25) is 18.3 Å². The molecule has 0 amide bonds. The Hall–Kier alpha value is -1.43. The fourth-order valence-corrected chi connectivity index (χ4v) is 5.32. The first kappa shape index (κ1) is 25.8. The van der Waals surface area contributed by atoms with Crippen LogP contribution in [0.1, 0.15) is 24.6 Å². The van der Waals surface area contributed by atoms with Crippen LogP contribution in [-0.4, -0.2) is 33.7 Å². The molecule has 5 atom stereocenters. The van der Waals surface area contributed by atoms with Gasteiger partial charge in [-0.25, -0.2) is 13.4 Å². The molecule has 1 aromatic rings. The fourth-order valence-electron chi connectivity index (χ4n) is 2.41. The summed E-state index contributed by atoms with van der Waals surface area (Å²) in [7, 11) is -17.4. The van der Waals surface area contributed by atoms with Crippen molar-refractivity contribution in [3.05, 3.63) is 22.2 Å². The maximum absolute atomic E-state index is 12.1. The smallest absolute Gasteiger partial charge is 0.351 e. The van der Waals surface area contributed by atoms with Gasteiger partial charge >= 0.3 is 5.69 Å². The van der Waals surface area contributed by atoms with E-state index in [0.29, 0.717) is 0 Å². The quantitative estimate of drug-likeness (QED) is 0.241. The van der Waals surface area contributed by atoms with Crippen LogP contribution in [0.25, 0.3) is 0 Å². The second kappa shape index (κ2) is 10.0. The van der Waals surface area contributed by atoms with Gasteiger partial charge in [-0.2, -0.15) is 4.98 Å². The molecule has 2 rings (SSSR count). The molecular weight excluding hydrogens is 485 g/mol. The van der Waals surface area contributed by atoms with Gasteiger partial charge in [0.1, 0.15) is 12.0 Å². The first-order valence-corrected chi connectivity index (χ1v) is 12.6. The molecule has 0 spiro atoms. The third-order valence-corrected chi connectivity index (χ3v) is 7.21. The van der Waals surface area contributed by atoms with Crippen LogP contribution in [0.4, 0.5) is 5.82 Å². The normalized spacial score (nSPS) is 24.4.